The molecule has 3 rings (SSSR count). The van der Waals surface area contributed by atoms with Gasteiger partial charge in [0.2, 0.25) is 5.91 Å². The highest BCUT2D eigenvalue weighted by molar-refractivity contribution is 5.76. The number of ether oxygens (including phenoxy) is 6. The zero-order valence-corrected chi connectivity index (χ0v) is 60.8. The van der Waals surface area contributed by atoms with E-state index in [9.17, 15) is 61.0 Å². The van der Waals surface area contributed by atoms with Crippen LogP contribution < -0.4 is 5.32 Å². The maximum Gasteiger partial charge on any atom is 0.220 e. The molecule has 12 N–H and O–H groups in total. The molecule has 0 saturated carbocycles. The smallest absolute Gasteiger partial charge is 0.220 e. The summed E-state index contributed by atoms with van der Waals surface area (Å²) in [5.41, 5.74) is 0. The third-order valence-electron chi connectivity index (χ3n) is 19.3. The molecule has 0 aromatic carbocycles. The average Bonchev–Trinajstić information content (AvgIpc) is 0.785. The van der Waals surface area contributed by atoms with E-state index in [0.29, 0.717) is 12.8 Å². The first-order valence-corrected chi connectivity index (χ1v) is 39.2. The molecule has 0 spiro atoms. The number of allylic oxidation sites excluding steroid dienone is 12. The minimum absolute atomic E-state index is 0.244. The van der Waals surface area contributed by atoms with Crippen molar-refractivity contribution in [1.29, 1.82) is 0 Å². The predicted octanol–water partition coefficient (Wildman–Crippen LogP) is 12.4. The lowest BCUT2D eigenvalue weighted by Crippen LogP contribution is -2.66. The Bertz CT molecular complexity index is 2050. The Morgan fingerprint density at radius 1 is 0.378 bits per heavy atom. The number of amides is 1. The summed E-state index contributed by atoms with van der Waals surface area (Å²) in [6.07, 6.45) is 49.7. The van der Waals surface area contributed by atoms with Crippen molar-refractivity contribution < 1.29 is 89.4 Å². The lowest BCUT2D eigenvalue weighted by Gasteiger charge is -2.48. The van der Waals surface area contributed by atoms with Gasteiger partial charge in [0.05, 0.1) is 38.6 Å². The lowest BCUT2D eigenvalue weighted by molar-refractivity contribution is -0.379. The number of rotatable bonds is 61. The third kappa shape index (κ3) is 39.8. The van der Waals surface area contributed by atoms with Crippen molar-refractivity contribution in [2.45, 2.75) is 394 Å². The second-order valence-corrected chi connectivity index (χ2v) is 27.8. The Hall–Kier alpha value is -2.77. The van der Waals surface area contributed by atoms with Crippen LogP contribution in [0.3, 0.4) is 0 Å². The van der Waals surface area contributed by atoms with Gasteiger partial charge in [-0.1, -0.05) is 292 Å². The molecule has 3 aliphatic heterocycles. The van der Waals surface area contributed by atoms with Gasteiger partial charge in [-0.2, -0.15) is 0 Å². The number of aliphatic hydroxyl groups is 11. The number of hydrogen-bond donors (Lipinski definition) is 12. The summed E-state index contributed by atoms with van der Waals surface area (Å²) in [6, 6.07) is -0.893. The number of hydrogen-bond acceptors (Lipinski definition) is 18. The highest BCUT2D eigenvalue weighted by Crippen LogP contribution is 2.33. The number of nitrogens with one attached hydrogen (secondary N) is 1. The van der Waals surface area contributed by atoms with Gasteiger partial charge in [0.1, 0.15) is 73.2 Å². The molecule has 3 saturated heterocycles. The van der Waals surface area contributed by atoms with Crippen LogP contribution in [0.4, 0.5) is 0 Å². The van der Waals surface area contributed by atoms with Gasteiger partial charge < -0.3 is 89.9 Å². The molecule has 0 aromatic rings. The maximum atomic E-state index is 13.5. The highest BCUT2D eigenvalue weighted by Gasteiger charge is 2.54. The molecule has 0 aromatic heterocycles. The summed E-state index contributed by atoms with van der Waals surface area (Å²) in [4.78, 5) is 13.5. The Kier molecular flexibility index (Phi) is 54.4. The van der Waals surface area contributed by atoms with Crippen LogP contribution in [-0.2, 0) is 33.2 Å². The number of carbonyl (C=O) groups excluding carboxylic acids is 1. The molecule has 0 aliphatic carbocycles. The van der Waals surface area contributed by atoms with E-state index >= 15 is 0 Å². The van der Waals surface area contributed by atoms with E-state index in [1.807, 2.05) is 0 Å². The first kappa shape index (κ1) is 89.4. The quantitative estimate of drug-likeness (QED) is 0.0199. The zero-order valence-electron chi connectivity index (χ0n) is 60.8. The predicted molar refractivity (Wildman–Crippen MR) is 388 cm³/mol. The van der Waals surface area contributed by atoms with Gasteiger partial charge in [-0.15, -0.1) is 0 Å². The Labute approximate surface area is 591 Å². The van der Waals surface area contributed by atoms with Crippen LogP contribution in [0.5, 0.6) is 0 Å². The fourth-order valence-electron chi connectivity index (χ4n) is 13.0. The van der Waals surface area contributed by atoms with Gasteiger partial charge >= 0.3 is 0 Å². The molecule has 98 heavy (non-hydrogen) atoms. The minimum Gasteiger partial charge on any atom is -0.394 e. The fourth-order valence-corrected chi connectivity index (χ4v) is 13.0. The molecule has 17 atom stereocenters. The maximum absolute atomic E-state index is 13.5. The molecule has 19 nitrogen and oxygen atoms in total. The van der Waals surface area contributed by atoms with E-state index in [0.717, 1.165) is 89.9 Å². The summed E-state index contributed by atoms with van der Waals surface area (Å²) in [7, 11) is 0. The largest absolute Gasteiger partial charge is 0.394 e. The second-order valence-electron chi connectivity index (χ2n) is 27.8. The normalized spacial score (nSPS) is 27.1. The van der Waals surface area contributed by atoms with Crippen LogP contribution in [0.15, 0.2) is 72.9 Å². The molecule has 3 fully saturated rings. The molecular weight excluding hydrogens is 1250 g/mol. The number of aliphatic hydroxyl groups excluding tert-OH is 11. The van der Waals surface area contributed by atoms with Gasteiger partial charge in [0, 0.05) is 6.42 Å². The van der Waals surface area contributed by atoms with Crippen molar-refractivity contribution in [2.24, 2.45) is 0 Å². The van der Waals surface area contributed by atoms with E-state index in [2.05, 4.69) is 92.1 Å². The van der Waals surface area contributed by atoms with Crippen LogP contribution in [-0.4, -0.2) is 193 Å². The van der Waals surface area contributed by atoms with E-state index in [1.54, 1.807) is 0 Å². The van der Waals surface area contributed by atoms with Crippen LogP contribution >= 0.6 is 0 Å². The van der Waals surface area contributed by atoms with Crippen LogP contribution in [0.2, 0.25) is 0 Å². The molecule has 570 valence electrons. The molecule has 17 unspecified atom stereocenters. The minimum atomic E-state index is -1.98. The van der Waals surface area contributed by atoms with Crippen LogP contribution in [0.1, 0.15) is 290 Å². The van der Waals surface area contributed by atoms with Crippen molar-refractivity contribution in [1.82, 2.24) is 5.32 Å². The molecule has 0 bridgehead atoms. The number of unbranched alkanes of at least 4 members (excludes halogenated alkanes) is 33. The van der Waals surface area contributed by atoms with Crippen molar-refractivity contribution >= 4 is 5.91 Å². The standard InChI is InChI=1S/C79H141NO18/c1-3-5-7-9-11-13-15-17-19-21-23-25-27-28-29-30-31-32-33-34-35-37-39-41-43-45-47-49-51-53-55-57-67(85)80-62(63(84)56-54-52-50-48-46-44-42-40-38-36-26-24-22-20-18-16-14-12-10-8-6-4-2)61-93-77-73(91)70(88)75(65(59-82)95-77)98-79-74(92)71(89)76(66(60-83)96-79)97-78-72(90)69(87)68(86)64(58-81)94-78/h5,7,11,13,17,19,23,25,28-29,31-32,62-66,68-79,81-84,86-92H,3-4,6,8-10,12,14-16,18,20-22,24,26-27,30,33-61H2,1-2H3,(H,80,85)/b7-5-,13-11-,19-17-,25-23-,29-28-,32-31-. The molecule has 19 heteroatoms. The van der Waals surface area contributed by atoms with Gasteiger partial charge in [0.15, 0.2) is 18.9 Å². The summed E-state index contributed by atoms with van der Waals surface area (Å²) in [6.45, 7) is 1.71. The van der Waals surface area contributed by atoms with Crippen molar-refractivity contribution in [2.75, 3.05) is 26.4 Å². The van der Waals surface area contributed by atoms with Gasteiger partial charge in [-0.3, -0.25) is 4.79 Å². The van der Waals surface area contributed by atoms with E-state index < -0.39 is 124 Å². The topological polar surface area (TPSA) is 307 Å². The van der Waals surface area contributed by atoms with E-state index in [4.69, 9.17) is 28.4 Å². The molecular formula is C79H141NO18. The lowest BCUT2D eigenvalue weighted by atomic mass is 9.96. The fraction of sp³-hybridized carbons (Fsp3) is 0.835. The summed E-state index contributed by atoms with van der Waals surface area (Å²) >= 11 is 0. The van der Waals surface area contributed by atoms with Crippen LogP contribution in [0.25, 0.3) is 0 Å². The Balaban J connectivity index is 1.38. The van der Waals surface area contributed by atoms with Crippen molar-refractivity contribution in [3.63, 3.8) is 0 Å². The SMILES string of the molecule is CC/C=C\C/C=C\C/C=C\C/C=C\C/C=C\C/C=C\CCCCCCCCCCCCCCC(=O)NC(COC1OC(CO)C(OC2OC(CO)C(OC3OC(CO)C(O)C(O)C3O)C(O)C2O)C(O)C1O)C(O)CCCCCCCCCCCCCCCCCCCCCCCC. The summed E-state index contributed by atoms with van der Waals surface area (Å²) in [5.74, 6) is -0.244. The molecule has 3 aliphatic rings. The third-order valence-corrected chi connectivity index (χ3v) is 19.3. The zero-order chi connectivity index (χ0) is 71.1. The number of carbonyl (C=O) groups is 1. The van der Waals surface area contributed by atoms with E-state index in [-0.39, 0.29) is 18.9 Å². The average molecular weight is 1390 g/mol. The highest BCUT2D eigenvalue weighted by atomic mass is 16.8. The van der Waals surface area contributed by atoms with E-state index in [1.165, 1.54) is 167 Å². The first-order chi connectivity index (χ1) is 47.8. The van der Waals surface area contributed by atoms with Crippen LogP contribution in [0, 0.1) is 0 Å². The summed E-state index contributed by atoms with van der Waals surface area (Å²) < 4.78 is 34.5. The molecule has 1 amide bonds. The monoisotopic (exact) mass is 1390 g/mol. The van der Waals surface area contributed by atoms with Crippen molar-refractivity contribution in [3.8, 4) is 0 Å². The first-order valence-electron chi connectivity index (χ1n) is 39.2. The van der Waals surface area contributed by atoms with Crippen molar-refractivity contribution in [3.05, 3.63) is 72.9 Å². The molecule has 0 radical (unpaired) electrons. The Morgan fingerprint density at radius 3 is 1.10 bits per heavy atom. The Morgan fingerprint density at radius 2 is 0.704 bits per heavy atom. The van der Waals surface area contributed by atoms with Gasteiger partial charge in [0.25, 0.3) is 0 Å². The second kappa shape index (κ2) is 59.6. The summed E-state index contributed by atoms with van der Waals surface area (Å²) in [5, 5.41) is 121. The molecule has 3 heterocycles. The van der Waals surface area contributed by atoms with Gasteiger partial charge in [-0.05, 0) is 64.2 Å². The van der Waals surface area contributed by atoms with Gasteiger partial charge in [-0.25, -0.2) is 0 Å².